The Bertz CT molecular complexity index is 198. The molecule has 0 aliphatic carbocycles. The van der Waals surface area contributed by atoms with E-state index in [9.17, 15) is 4.79 Å². The van der Waals surface area contributed by atoms with E-state index < -0.39 is 12.6 Å². The predicted molar refractivity (Wildman–Crippen MR) is 40.8 cm³/mol. The summed E-state index contributed by atoms with van der Waals surface area (Å²) in [5.41, 5.74) is 0. The van der Waals surface area contributed by atoms with E-state index in [1.165, 1.54) is 6.08 Å². The maximum atomic E-state index is 9.96. The zero-order valence-corrected chi connectivity index (χ0v) is 5.86. The van der Waals surface area contributed by atoms with Crippen LogP contribution in [0.4, 0.5) is 0 Å². The monoisotopic (exact) mass is 156 g/mol. The molecule has 0 radical (unpaired) electrons. The Hall–Kier alpha value is -1.65. The number of rotatable bonds is 4. The third kappa shape index (κ3) is 4.83. The molecular formula is C6H8N2O3. The number of hydrogen-bond donors (Lipinski definition) is 1. The molecule has 0 aliphatic rings. The quantitative estimate of drug-likeness (QED) is 0.361. The second-order valence-electron chi connectivity index (χ2n) is 1.47. The average molecular weight is 156 g/mol. The van der Waals surface area contributed by atoms with E-state index in [0.717, 1.165) is 0 Å². The van der Waals surface area contributed by atoms with Crippen molar-refractivity contribution >= 4 is 18.6 Å². The molecule has 5 nitrogen and oxygen atoms in total. The Labute approximate surface area is 63.7 Å². The molecule has 0 aliphatic heterocycles. The number of ether oxygens (including phenoxy) is 1. The van der Waals surface area contributed by atoms with Crippen LogP contribution in [0.1, 0.15) is 0 Å². The second kappa shape index (κ2) is 5.16. The first-order valence-corrected chi connectivity index (χ1v) is 2.71. The standard InChI is InChI=1S/C6H8N2O3/c1-3-5(8-7-2)11-4-6(9)10/h3H,1-2,4H2,(H,9,10)/b8-5+. The fourth-order valence-corrected chi connectivity index (χ4v) is 0.334. The van der Waals surface area contributed by atoms with Crippen molar-refractivity contribution in [2.45, 2.75) is 0 Å². The molecule has 0 fully saturated rings. The van der Waals surface area contributed by atoms with Crippen LogP contribution >= 0.6 is 0 Å². The first-order valence-electron chi connectivity index (χ1n) is 2.71. The van der Waals surface area contributed by atoms with E-state index in [2.05, 4.69) is 28.2 Å². The van der Waals surface area contributed by atoms with Crippen molar-refractivity contribution in [2.75, 3.05) is 6.61 Å². The topological polar surface area (TPSA) is 71.2 Å². The van der Waals surface area contributed by atoms with Crippen molar-refractivity contribution in [3.05, 3.63) is 12.7 Å². The minimum atomic E-state index is -1.08. The zero-order valence-electron chi connectivity index (χ0n) is 5.86. The van der Waals surface area contributed by atoms with Gasteiger partial charge in [0.15, 0.2) is 6.61 Å². The van der Waals surface area contributed by atoms with Gasteiger partial charge in [-0.25, -0.2) is 4.79 Å². The van der Waals surface area contributed by atoms with Gasteiger partial charge >= 0.3 is 5.97 Å². The van der Waals surface area contributed by atoms with Crippen LogP contribution in [0.15, 0.2) is 22.9 Å². The average Bonchev–Trinajstić information content (AvgIpc) is 1.97. The summed E-state index contributed by atoms with van der Waals surface area (Å²) in [6, 6.07) is 0. The summed E-state index contributed by atoms with van der Waals surface area (Å²) in [6.45, 7) is 5.93. The first-order chi connectivity index (χ1) is 5.20. The molecule has 1 N–H and O–H groups in total. The second-order valence-corrected chi connectivity index (χ2v) is 1.47. The number of carbonyl (C=O) groups is 1. The number of carboxylic acids is 1. The molecule has 0 aromatic carbocycles. The molecule has 0 heterocycles. The summed E-state index contributed by atoms with van der Waals surface area (Å²) < 4.78 is 4.59. The van der Waals surface area contributed by atoms with Crippen LogP contribution in [0.25, 0.3) is 0 Å². The third-order valence-corrected chi connectivity index (χ3v) is 0.687. The molecule has 0 aromatic heterocycles. The highest BCUT2D eigenvalue weighted by molar-refractivity contribution is 5.88. The van der Waals surface area contributed by atoms with Crippen LogP contribution < -0.4 is 0 Å². The summed E-state index contributed by atoms with van der Waals surface area (Å²) >= 11 is 0. The van der Waals surface area contributed by atoms with E-state index in [0.29, 0.717) is 0 Å². The van der Waals surface area contributed by atoms with Crippen LogP contribution in [0.3, 0.4) is 0 Å². The largest absolute Gasteiger partial charge is 0.479 e. The minimum absolute atomic E-state index is 0.0439. The molecule has 11 heavy (non-hydrogen) atoms. The molecule has 60 valence electrons. The van der Waals surface area contributed by atoms with Crippen LogP contribution in [-0.2, 0) is 9.53 Å². The molecule has 0 saturated heterocycles. The van der Waals surface area contributed by atoms with E-state index in [1.54, 1.807) is 0 Å². The summed E-state index contributed by atoms with van der Waals surface area (Å²) in [4.78, 5) is 9.96. The third-order valence-electron chi connectivity index (χ3n) is 0.687. The van der Waals surface area contributed by atoms with Gasteiger partial charge in [-0.15, -0.1) is 5.10 Å². The lowest BCUT2D eigenvalue weighted by molar-refractivity contribution is -0.139. The number of carboxylic acid groups (broad SMARTS) is 1. The molecule has 5 heteroatoms. The SMILES string of the molecule is C=C/C(=N\N=C)OCC(=O)O. The van der Waals surface area contributed by atoms with Crippen molar-refractivity contribution in [2.24, 2.45) is 10.2 Å². The molecule has 0 aromatic rings. The van der Waals surface area contributed by atoms with Gasteiger partial charge in [0.05, 0.1) is 0 Å². The highest BCUT2D eigenvalue weighted by atomic mass is 16.5. The first kappa shape index (κ1) is 9.35. The van der Waals surface area contributed by atoms with Gasteiger partial charge in [-0.1, -0.05) is 6.58 Å². The molecule has 0 spiro atoms. The van der Waals surface area contributed by atoms with E-state index in [1.807, 2.05) is 0 Å². The Balaban J connectivity index is 3.88. The molecule has 0 atom stereocenters. The number of hydrogen-bond acceptors (Lipinski definition) is 4. The van der Waals surface area contributed by atoms with Gasteiger partial charge in [0.25, 0.3) is 0 Å². The highest BCUT2D eigenvalue weighted by Crippen LogP contribution is 1.84. The normalized spacial score (nSPS) is 10.4. The van der Waals surface area contributed by atoms with Gasteiger partial charge in [0.1, 0.15) is 0 Å². The zero-order chi connectivity index (χ0) is 8.69. The molecule has 0 rings (SSSR count). The Morgan fingerprint density at radius 3 is 2.73 bits per heavy atom. The summed E-state index contributed by atoms with van der Waals surface area (Å²) in [5, 5.41) is 14.6. The van der Waals surface area contributed by atoms with Crippen molar-refractivity contribution in [1.82, 2.24) is 0 Å². The Kier molecular flexibility index (Phi) is 4.39. The van der Waals surface area contributed by atoms with Crippen molar-refractivity contribution in [3.8, 4) is 0 Å². The summed E-state index contributed by atoms with van der Waals surface area (Å²) in [7, 11) is 0. The van der Waals surface area contributed by atoms with Gasteiger partial charge < -0.3 is 9.84 Å². The Morgan fingerprint density at radius 2 is 2.36 bits per heavy atom. The lowest BCUT2D eigenvalue weighted by atomic mass is 10.6. The van der Waals surface area contributed by atoms with E-state index in [-0.39, 0.29) is 5.90 Å². The highest BCUT2D eigenvalue weighted by Gasteiger charge is 1.98. The van der Waals surface area contributed by atoms with E-state index >= 15 is 0 Å². The maximum absolute atomic E-state index is 9.96. The fraction of sp³-hybridized carbons (Fsp3) is 0.167. The van der Waals surface area contributed by atoms with Crippen LogP contribution in [0.5, 0.6) is 0 Å². The predicted octanol–water partition coefficient (Wildman–Crippen LogP) is 0.288. The van der Waals surface area contributed by atoms with Crippen molar-refractivity contribution < 1.29 is 14.6 Å². The van der Waals surface area contributed by atoms with Gasteiger partial charge in [0, 0.05) is 6.72 Å². The van der Waals surface area contributed by atoms with Gasteiger partial charge in [-0.2, -0.15) is 5.10 Å². The van der Waals surface area contributed by atoms with Gasteiger partial charge in [-0.05, 0) is 6.08 Å². The van der Waals surface area contributed by atoms with E-state index in [4.69, 9.17) is 5.11 Å². The molecule has 0 unspecified atom stereocenters. The lowest BCUT2D eigenvalue weighted by Gasteiger charge is -1.98. The molecular weight excluding hydrogens is 148 g/mol. The number of aliphatic carboxylic acids is 1. The van der Waals surface area contributed by atoms with Crippen LogP contribution in [0.2, 0.25) is 0 Å². The lowest BCUT2D eigenvalue weighted by Crippen LogP contribution is -2.10. The van der Waals surface area contributed by atoms with Gasteiger partial charge in [-0.3, -0.25) is 0 Å². The summed E-state index contributed by atoms with van der Waals surface area (Å²) in [6.07, 6.45) is 1.25. The maximum Gasteiger partial charge on any atom is 0.341 e. The number of nitrogens with zero attached hydrogens (tertiary/aromatic N) is 2. The fourth-order valence-electron chi connectivity index (χ4n) is 0.334. The van der Waals surface area contributed by atoms with Gasteiger partial charge in [0.2, 0.25) is 5.90 Å². The Morgan fingerprint density at radius 1 is 1.73 bits per heavy atom. The summed E-state index contributed by atoms with van der Waals surface area (Å²) in [5.74, 6) is -1.04. The molecule has 0 saturated carbocycles. The molecule has 0 bridgehead atoms. The smallest absolute Gasteiger partial charge is 0.341 e. The molecule has 0 amide bonds. The van der Waals surface area contributed by atoms with Crippen molar-refractivity contribution in [3.63, 3.8) is 0 Å². The minimum Gasteiger partial charge on any atom is -0.479 e. The van der Waals surface area contributed by atoms with Crippen molar-refractivity contribution in [1.29, 1.82) is 0 Å². The van der Waals surface area contributed by atoms with Crippen LogP contribution in [-0.4, -0.2) is 30.3 Å². The van der Waals surface area contributed by atoms with Crippen LogP contribution in [0, 0.1) is 0 Å².